The first-order chi connectivity index (χ1) is 8.24. The first kappa shape index (κ1) is 11.9. The molecule has 1 amide bonds. The van der Waals surface area contributed by atoms with E-state index in [0.29, 0.717) is 26.1 Å². The van der Waals surface area contributed by atoms with Crippen LogP contribution in [0.2, 0.25) is 0 Å². The maximum absolute atomic E-state index is 11.8. The van der Waals surface area contributed by atoms with Crippen molar-refractivity contribution in [3.05, 3.63) is 6.33 Å². The van der Waals surface area contributed by atoms with E-state index in [1.807, 2.05) is 0 Å². The molecule has 1 saturated heterocycles. The van der Waals surface area contributed by atoms with Gasteiger partial charge in [0, 0.05) is 13.2 Å². The van der Waals surface area contributed by atoms with Crippen LogP contribution in [0.15, 0.2) is 6.33 Å². The highest BCUT2D eigenvalue weighted by Gasteiger charge is 2.33. The Morgan fingerprint density at radius 3 is 2.88 bits per heavy atom. The first-order valence-corrected chi connectivity index (χ1v) is 5.44. The molecule has 2 heterocycles. The van der Waals surface area contributed by atoms with Crippen LogP contribution in [0.4, 0.5) is 0 Å². The quantitative estimate of drug-likeness (QED) is 0.653. The number of rotatable bonds is 4. The molecule has 94 valence electrons. The average molecular weight is 241 g/mol. The Morgan fingerprint density at radius 2 is 2.29 bits per heavy atom. The average Bonchev–Trinajstić information content (AvgIpc) is 2.83. The number of tetrazole rings is 1. The van der Waals surface area contributed by atoms with Crippen molar-refractivity contribution >= 4 is 5.91 Å². The number of aromatic nitrogens is 4. The van der Waals surface area contributed by atoms with Crippen LogP contribution in [-0.2, 0) is 16.1 Å². The molecule has 0 spiro atoms. The zero-order valence-electron chi connectivity index (χ0n) is 9.37. The van der Waals surface area contributed by atoms with Crippen molar-refractivity contribution in [3.8, 4) is 0 Å². The van der Waals surface area contributed by atoms with Crippen LogP contribution in [0.25, 0.3) is 0 Å². The molecule has 8 nitrogen and oxygen atoms in total. The normalized spacial score (nSPS) is 18.9. The molecule has 1 aromatic rings. The molecule has 1 fully saturated rings. The molecule has 17 heavy (non-hydrogen) atoms. The molecule has 0 atom stereocenters. The molecular formula is C9H15N5O3. The van der Waals surface area contributed by atoms with Crippen LogP contribution in [-0.4, -0.2) is 56.6 Å². The predicted molar refractivity (Wildman–Crippen MR) is 55.8 cm³/mol. The van der Waals surface area contributed by atoms with Crippen LogP contribution < -0.4 is 5.32 Å². The van der Waals surface area contributed by atoms with Crippen molar-refractivity contribution in [2.75, 3.05) is 19.8 Å². The van der Waals surface area contributed by atoms with Gasteiger partial charge in [-0.15, -0.1) is 5.10 Å². The third-order valence-electron chi connectivity index (χ3n) is 2.85. The molecule has 1 aromatic heterocycles. The Morgan fingerprint density at radius 1 is 1.53 bits per heavy atom. The fraction of sp³-hybridized carbons (Fsp3) is 0.778. The third-order valence-corrected chi connectivity index (χ3v) is 2.85. The largest absolute Gasteiger partial charge is 0.394 e. The van der Waals surface area contributed by atoms with Crippen LogP contribution in [0.3, 0.4) is 0 Å². The number of carbonyl (C=O) groups is 1. The number of hydrogen-bond donors (Lipinski definition) is 2. The summed E-state index contributed by atoms with van der Waals surface area (Å²) in [7, 11) is 0. The predicted octanol–water partition coefficient (Wildman–Crippen LogP) is -1.67. The monoisotopic (exact) mass is 241 g/mol. The van der Waals surface area contributed by atoms with Crippen molar-refractivity contribution in [2.45, 2.75) is 24.9 Å². The molecule has 2 rings (SSSR count). The van der Waals surface area contributed by atoms with Crippen LogP contribution in [0.1, 0.15) is 12.8 Å². The Balaban J connectivity index is 1.91. The lowest BCUT2D eigenvalue weighted by Gasteiger charge is -2.36. The van der Waals surface area contributed by atoms with Gasteiger partial charge in [-0.3, -0.25) is 4.79 Å². The molecule has 0 aromatic carbocycles. The van der Waals surface area contributed by atoms with Crippen LogP contribution in [0.5, 0.6) is 0 Å². The smallest absolute Gasteiger partial charge is 0.242 e. The fourth-order valence-electron chi connectivity index (χ4n) is 1.82. The lowest BCUT2D eigenvalue weighted by molar-refractivity contribution is -0.126. The van der Waals surface area contributed by atoms with Crippen molar-refractivity contribution < 1.29 is 14.6 Å². The number of nitrogens with one attached hydrogen (secondary N) is 1. The van der Waals surface area contributed by atoms with E-state index >= 15 is 0 Å². The minimum Gasteiger partial charge on any atom is -0.394 e. The van der Waals surface area contributed by atoms with Gasteiger partial charge >= 0.3 is 0 Å². The van der Waals surface area contributed by atoms with Gasteiger partial charge in [-0.05, 0) is 23.3 Å². The Hall–Kier alpha value is -1.54. The van der Waals surface area contributed by atoms with E-state index in [1.165, 1.54) is 11.0 Å². The Labute approximate surface area is 97.9 Å². The Kier molecular flexibility index (Phi) is 3.64. The first-order valence-electron chi connectivity index (χ1n) is 5.44. The Bertz CT molecular complexity index is 361. The highest BCUT2D eigenvalue weighted by atomic mass is 16.5. The van der Waals surface area contributed by atoms with Crippen molar-refractivity contribution in [1.29, 1.82) is 0 Å². The van der Waals surface area contributed by atoms with Gasteiger partial charge in [0.2, 0.25) is 5.91 Å². The summed E-state index contributed by atoms with van der Waals surface area (Å²) in [4.78, 5) is 11.8. The lowest BCUT2D eigenvalue weighted by Crippen LogP contribution is -2.55. The van der Waals surface area contributed by atoms with E-state index in [0.717, 1.165) is 0 Å². The molecular weight excluding hydrogens is 226 g/mol. The standard InChI is InChI=1S/C9H15N5O3/c15-6-9(1-3-17-4-2-9)11-8(16)5-14-7-10-12-13-14/h7,15H,1-6H2,(H,11,16). The summed E-state index contributed by atoms with van der Waals surface area (Å²) in [5.41, 5.74) is -0.566. The second-order valence-electron chi connectivity index (χ2n) is 4.11. The van der Waals surface area contributed by atoms with E-state index in [1.54, 1.807) is 0 Å². The third kappa shape index (κ3) is 2.98. The summed E-state index contributed by atoms with van der Waals surface area (Å²) in [5.74, 6) is -0.215. The van der Waals surface area contributed by atoms with Gasteiger partial charge in [0.25, 0.3) is 0 Å². The molecule has 1 aliphatic rings. The SMILES string of the molecule is O=C(Cn1cnnn1)NC1(CO)CCOCC1. The van der Waals surface area contributed by atoms with Crippen molar-refractivity contribution in [1.82, 2.24) is 25.5 Å². The zero-order valence-corrected chi connectivity index (χ0v) is 9.37. The van der Waals surface area contributed by atoms with Gasteiger partial charge in [0.1, 0.15) is 12.9 Å². The van der Waals surface area contributed by atoms with Gasteiger partial charge in [-0.2, -0.15) is 0 Å². The fourth-order valence-corrected chi connectivity index (χ4v) is 1.82. The van der Waals surface area contributed by atoms with Gasteiger partial charge in [-0.25, -0.2) is 4.68 Å². The van der Waals surface area contributed by atoms with Crippen molar-refractivity contribution in [2.24, 2.45) is 0 Å². The van der Waals surface area contributed by atoms with Gasteiger partial charge in [-0.1, -0.05) is 0 Å². The maximum Gasteiger partial charge on any atom is 0.242 e. The minimum absolute atomic E-state index is 0.0512. The van der Waals surface area contributed by atoms with Gasteiger partial charge in [0.15, 0.2) is 0 Å². The molecule has 0 bridgehead atoms. The molecule has 0 unspecified atom stereocenters. The number of carbonyl (C=O) groups excluding carboxylic acids is 1. The minimum atomic E-state index is -0.566. The highest BCUT2D eigenvalue weighted by Crippen LogP contribution is 2.19. The maximum atomic E-state index is 11.8. The molecule has 0 saturated carbocycles. The summed E-state index contributed by atoms with van der Waals surface area (Å²) in [6.45, 7) is 1.06. The number of amides is 1. The molecule has 0 aliphatic carbocycles. The highest BCUT2D eigenvalue weighted by molar-refractivity contribution is 5.76. The number of ether oxygens (including phenoxy) is 1. The van der Waals surface area contributed by atoms with Crippen molar-refractivity contribution in [3.63, 3.8) is 0 Å². The van der Waals surface area contributed by atoms with Crippen LogP contribution >= 0.6 is 0 Å². The number of aliphatic hydroxyl groups excluding tert-OH is 1. The summed E-state index contributed by atoms with van der Waals surface area (Å²) >= 11 is 0. The molecule has 0 radical (unpaired) electrons. The topological polar surface area (TPSA) is 102 Å². The zero-order chi connectivity index (χ0) is 12.1. The van der Waals surface area contributed by atoms with E-state index in [4.69, 9.17) is 4.74 Å². The van der Waals surface area contributed by atoms with E-state index in [-0.39, 0.29) is 19.1 Å². The van der Waals surface area contributed by atoms with E-state index in [2.05, 4.69) is 20.8 Å². The molecule has 8 heteroatoms. The second-order valence-corrected chi connectivity index (χ2v) is 4.11. The number of nitrogens with zero attached hydrogens (tertiary/aromatic N) is 4. The lowest BCUT2D eigenvalue weighted by atomic mass is 9.91. The van der Waals surface area contributed by atoms with Crippen LogP contribution in [0, 0.1) is 0 Å². The summed E-state index contributed by atoms with van der Waals surface area (Å²) in [6.07, 6.45) is 2.60. The van der Waals surface area contributed by atoms with Gasteiger partial charge in [0.05, 0.1) is 12.1 Å². The summed E-state index contributed by atoms with van der Waals surface area (Å²) in [5, 5.41) is 22.7. The second kappa shape index (κ2) is 5.19. The van der Waals surface area contributed by atoms with E-state index in [9.17, 15) is 9.90 Å². The number of aliphatic hydroxyl groups is 1. The van der Waals surface area contributed by atoms with Gasteiger partial charge < -0.3 is 15.2 Å². The summed E-state index contributed by atoms with van der Waals surface area (Å²) in [6, 6.07) is 0. The van der Waals surface area contributed by atoms with E-state index < -0.39 is 5.54 Å². The molecule has 1 aliphatic heterocycles. The summed E-state index contributed by atoms with van der Waals surface area (Å²) < 4.78 is 6.55. The number of hydrogen-bond acceptors (Lipinski definition) is 6. The molecule has 2 N–H and O–H groups in total.